The number of rotatable bonds is 7. The zero-order valence-electron chi connectivity index (χ0n) is 16.8. The molecule has 0 fully saturated rings. The molecule has 0 saturated heterocycles. The fourth-order valence-electron chi connectivity index (χ4n) is 2.97. The lowest BCUT2D eigenvalue weighted by Crippen LogP contribution is -2.41. The maximum atomic E-state index is 14.5. The van der Waals surface area contributed by atoms with Gasteiger partial charge in [0.2, 0.25) is 5.91 Å². The van der Waals surface area contributed by atoms with Crippen molar-refractivity contribution in [2.75, 3.05) is 17.9 Å². The average molecular weight is 427 g/mol. The van der Waals surface area contributed by atoms with E-state index in [4.69, 9.17) is 0 Å². The normalized spacial score (nSPS) is 11.2. The first kappa shape index (κ1) is 21.5. The Morgan fingerprint density at radius 2 is 1.50 bits per heavy atom. The van der Waals surface area contributed by atoms with Gasteiger partial charge in [-0.15, -0.1) is 0 Å². The van der Waals surface area contributed by atoms with Crippen LogP contribution < -0.4 is 4.31 Å². The molecule has 0 atom stereocenters. The first-order chi connectivity index (χ1) is 14.3. The molecule has 0 unspecified atom stereocenters. The number of halogens is 1. The van der Waals surface area contributed by atoms with Gasteiger partial charge >= 0.3 is 0 Å². The van der Waals surface area contributed by atoms with Crippen molar-refractivity contribution in [3.8, 4) is 0 Å². The van der Waals surface area contributed by atoms with Crippen LogP contribution in [0.2, 0.25) is 0 Å². The van der Waals surface area contributed by atoms with Crippen molar-refractivity contribution in [1.29, 1.82) is 0 Å². The van der Waals surface area contributed by atoms with Crippen LogP contribution in [0.1, 0.15) is 11.1 Å². The van der Waals surface area contributed by atoms with E-state index < -0.39 is 28.3 Å². The summed E-state index contributed by atoms with van der Waals surface area (Å²) in [6.45, 7) is 1.77. The fourth-order valence-corrected chi connectivity index (χ4v) is 4.42. The quantitative estimate of drug-likeness (QED) is 0.574. The number of benzene rings is 3. The zero-order valence-corrected chi connectivity index (χ0v) is 17.6. The van der Waals surface area contributed by atoms with E-state index in [0.717, 1.165) is 15.4 Å². The Hall–Kier alpha value is -3.19. The highest BCUT2D eigenvalue weighted by molar-refractivity contribution is 7.92. The summed E-state index contributed by atoms with van der Waals surface area (Å²) in [5.41, 5.74) is 1.85. The third-order valence-electron chi connectivity index (χ3n) is 4.70. The van der Waals surface area contributed by atoms with E-state index in [1.807, 2.05) is 31.2 Å². The summed E-state index contributed by atoms with van der Waals surface area (Å²) in [6.07, 6.45) is 0. The van der Waals surface area contributed by atoms with Crippen LogP contribution in [0.15, 0.2) is 83.8 Å². The molecule has 0 heterocycles. The number of carbonyl (C=O) groups excluding carboxylic acids is 1. The Labute approximate surface area is 176 Å². The Balaban J connectivity index is 1.90. The number of hydrogen-bond donors (Lipinski definition) is 0. The van der Waals surface area contributed by atoms with Crippen LogP contribution in [0.3, 0.4) is 0 Å². The van der Waals surface area contributed by atoms with Gasteiger partial charge in [-0.05, 0) is 36.8 Å². The summed E-state index contributed by atoms with van der Waals surface area (Å²) >= 11 is 0. The van der Waals surface area contributed by atoms with E-state index in [9.17, 15) is 17.6 Å². The molecule has 0 bridgehead atoms. The minimum absolute atomic E-state index is 0.0118. The Morgan fingerprint density at radius 3 is 2.13 bits per heavy atom. The fraction of sp³-hybridized carbons (Fsp3) is 0.174. The number of hydrogen-bond acceptors (Lipinski definition) is 3. The molecule has 1 amide bonds. The van der Waals surface area contributed by atoms with Crippen LogP contribution >= 0.6 is 0 Å². The largest absolute Gasteiger partial charge is 0.340 e. The van der Waals surface area contributed by atoms with Crippen LogP contribution in [0, 0.1) is 12.7 Å². The first-order valence-electron chi connectivity index (χ1n) is 9.41. The molecule has 3 aromatic carbocycles. The van der Waals surface area contributed by atoms with E-state index in [-0.39, 0.29) is 10.6 Å². The first-order valence-corrected chi connectivity index (χ1v) is 10.8. The second kappa shape index (κ2) is 9.09. The topological polar surface area (TPSA) is 57.7 Å². The number of nitrogens with zero attached hydrogens (tertiary/aromatic N) is 2. The van der Waals surface area contributed by atoms with Gasteiger partial charge in [-0.25, -0.2) is 12.8 Å². The van der Waals surface area contributed by atoms with Crippen LogP contribution in [0.25, 0.3) is 0 Å². The monoisotopic (exact) mass is 426 g/mol. The Kier molecular flexibility index (Phi) is 6.52. The molecule has 0 aliphatic rings. The number of aryl methyl sites for hydroxylation is 1. The van der Waals surface area contributed by atoms with Gasteiger partial charge in [0.05, 0.1) is 10.6 Å². The molecule has 30 heavy (non-hydrogen) atoms. The van der Waals surface area contributed by atoms with Crippen molar-refractivity contribution in [2.24, 2.45) is 0 Å². The molecule has 3 rings (SSSR count). The molecule has 0 radical (unpaired) electrons. The summed E-state index contributed by atoms with van der Waals surface area (Å²) in [4.78, 5) is 14.3. The maximum Gasteiger partial charge on any atom is 0.264 e. The lowest BCUT2D eigenvalue weighted by atomic mass is 10.1. The summed E-state index contributed by atoms with van der Waals surface area (Å²) < 4.78 is 41.8. The van der Waals surface area contributed by atoms with Crippen molar-refractivity contribution in [1.82, 2.24) is 4.90 Å². The average Bonchev–Trinajstić information content (AvgIpc) is 2.74. The number of para-hydroxylation sites is 1. The van der Waals surface area contributed by atoms with Gasteiger partial charge in [0.15, 0.2) is 0 Å². The third kappa shape index (κ3) is 4.86. The maximum absolute atomic E-state index is 14.5. The second-order valence-electron chi connectivity index (χ2n) is 7.01. The molecule has 0 aliphatic carbocycles. The number of amides is 1. The number of sulfonamides is 1. The molecule has 156 valence electrons. The second-order valence-corrected chi connectivity index (χ2v) is 8.87. The van der Waals surface area contributed by atoms with Gasteiger partial charge in [-0.1, -0.05) is 60.2 Å². The summed E-state index contributed by atoms with van der Waals surface area (Å²) in [5, 5.41) is 0. The smallest absolute Gasteiger partial charge is 0.264 e. The molecule has 0 aromatic heterocycles. The highest BCUT2D eigenvalue weighted by Gasteiger charge is 2.29. The SMILES string of the molecule is Cc1ccc(CN(C)C(=O)CN(c2ccccc2F)S(=O)(=O)c2ccccc2)cc1. The van der Waals surface area contributed by atoms with Crippen LogP contribution in [0.5, 0.6) is 0 Å². The van der Waals surface area contributed by atoms with E-state index in [1.54, 1.807) is 25.2 Å². The van der Waals surface area contributed by atoms with Gasteiger partial charge in [0, 0.05) is 13.6 Å². The van der Waals surface area contributed by atoms with Crippen molar-refractivity contribution in [3.05, 3.63) is 95.8 Å². The van der Waals surface area contributed by atoms with Crippen LogP contribution in [-0.4, -0.2) is 32.8 Å². The molecule has 7 heteroatoms. The van der Waals surface area contributed by atoms with Gasteiger partial charge in [0.1, 0.15) is 12.4 Å². The predicted octanol–water partition coefficient (Wildman–Crippen LogP) is 3.99. The third-order valence-corrected chi connectivity index (χ3v) is 6.47. The van der Waals surface area contributed by atoms with Gasteiger partial charge in [0.25, 0.3) is 10.0 Å². The molecule has 0 saturated carbocycles. The molecule has 5 nitrogen and oxygen atoms in total. The van der Waals surface area contributed by atoms with Crippen LogP contribution in [-0.2, 0) is 21.4 Å². The molecule has 0 aliphatic heterocycles. The minimum atomic E-state index is -4.14. The zero-order chi connectivity index (χ0) is 21.7. The summed E-state index contributed by atoms with van der Waals surface area (Å²) in [5.74, 6) is -1.16. The number of carbonyl (C=O) groups is 1. The highest BCUT2D eigenvalue weighted by Crippen LogP contribution is 2.26. The molecule has 0 N–H and O–H groups in total. The van der Waals surface area contributed by atoms with E-state index >= 15 is 0 Å². The minimum Gasteiger partial charge on any atom is -0.340 e. The van der Waals surface area contributed by atoms with E-state index in [0.29, 0.717) is 6.54 Å². The van der Waals surface area contributed by atoms with Gasteiger partial charge in [-0.2, -0.15) is 0 Å². The van der Waals surface area contributed by atoms with E-state index in [1.165, 1.54) is 41.3 Å². The molecule has 3 aromatic rings. The molecular weight excluding hydrogens is 403 g/mol. The van der Waals surface area contributed by atoms with Crippen LogP contribution in [0.4, 0.5) is 10.1 Å². The Morgan fingerprint density at radius 1 is 0.900 bits per heavy atom. The van der Waals surface area contributed by atoms with Crippen molar-refractivity contribution in [3.63, 3.8) is 0 Å². The molecular formula is C23H23FN2O3S. The van der Waals surface area contributed by atoms with Crippen molar-refractivity contribution >= 4 is 21.6 Å². The van der Waals surface area contributed by atoms with Crippen molar-refractivity contribution < 1.29 is 17.6 Å². The summed E-state index contributed by atoms with van der Waals surface area (Å²) in [6, 6.07) is 20.9. The van der Waals surface area contributed by atoms with Gasteiger partial charge < -0.3 is 4.90 Å². The Bertz CT molecular complexity index is 1120. The standard InChI is InChI=1S/C23H23FN2O3S/c1-18-12-14-19(15-13-18)16-25(2)23(27)17-26(22-11-7-6-10-21(22)24)30(28,29)20-8-4-3-5-9-20/h3-15H,16-17H2,1-2H3. The predicted molar refractivity (Wildman–Crippen MR) is 115 cm³/mol. The van der Waals surface area contributed by atoms with Gasteiger partial charge in [-0.3, -0.25) is 9.10 Å². The number of likely N-dealkylation sites (N-methyl/N-ethyl adjacent to an activating group) is 1. The number of anilines is 1. The molecule has 0 spiro atoms. The van der Waals surface area contributed by atoms with E-state index in [2.05, 4.69) is 0 Å². The lowest BCUT2D eigenvalue weighted by Gasteiger charge is -2.27. The lowest BCUT2D eigenvalue weighted by molar-refractivity contribution is -0.128. The highest BCUT2D eigenvalue weighted by atomic mass is 32.2. The van der Waals surface area contributed by atoms with Crippen molar-refractivity contribution in [2.45, 2.75) is 18.4 Å². The summed E-state index contributed by atoms with van der Waals surface area (Å²) in [7, 11) is -2.54.